The first-order valence-corrected chi connectivity index (χ1v) is 9.52. The van der Waals surface area contributed by atoms with Gasteiger partial charge in [-0.05, 0) is 33.8 Å². The van der Waals surface area contributed by atoms with Crippen LogP contribution in [0.4, 0.5) is 13.6 Å². The highest BCUT2D eigenvalue weighted by atomic mass is 19.1. The van der Waals surface area contributed by atoms with E-state index in [0.29, 0.717) is 0 Å². The lowest BCUT2D eigenvalue weighted by Crippen LogP contribution is -2.43. The van der Waals surface area contributed by atoms with Gasteiger partial charge in [0.05, 0.1) is 36.5 Å². The van der Waals surface area contributed by atoms with E-state index in [2.05, 4.69) is 5.32 Å². The van der Waals surface area contributed by atoms with Crippen molar-refractivity contribution < 1.29 is 37.5 Å². The fraction of sp³-hybridized carbons (Fsp3) is 0.579. The van der Waals surface area contributed by atoms with Crippen LogP contribution in [0.1, 0.15) is 38.1 Å². The van der Waals surface area contributed by atoms with E-state index in [1.54, 1.807) is 0 Å². The van der Waals surface area contributed by atoms with E-state index < -0.39 is 48.4 Å². The van der Waals surface area contributed by atoms with Crippen LogP contribution in [-0.4, -0.2) is 72.7 Å². The number of likely N-dealkylation sites (tertiary alicyclic amines) is 1. The Balaban J connectivity index is 1.87. The number of methoxy groups -OCH3 is 1. The summed E-state index contributed by atoms with van der Waals surface area (Å²) in [6.45, 7) is 6.75. The summed E-state index contributed by atoms with van der Waals surface area (Å²) in [5, 5.41) is 11.5. The molecule has 1 aromatic rings. The topological polar surface area (TPSA) is 97.3 Å². The molecule has 2 N–H and O–H groups in total. The van der Waals surface area contributed by atoms with Crippen LogP contribution in [0.2, 0.25) is 0 Å². The molecule has 0 saturated carbocycles. The van der Waals surface area contributed by atoms with Gasteiger partial charge in [-0.1, -0.05) is 0 Å². The van der Waals surface area contributed by atoms with Crippen molar-refractivity contribution in [3.63, 3.8) is 0 Å². The SMILES string of the molecule is COc1cc(F)c(B2OC(C)(C)C(C)(C)O2)cc1C(=O)N[C@@H]1CN(C(=O)O)C[C@H]1F. The molecule has 0 aliphatic carbocycles. The number of benzene rings is 1. The summed E-state index contributed by atoms with van der Waals surface area (Å²) in [4.78, 5) is 24.7. The third-order valence-corrected chi connectivity index (χ3v) is 5.91. The molecule has 2 aliphatic heterocycles. The standard InChI is InChI=1S/C19H25BF2N2O6/c1-18(2)19(3,4)30-20(29-18)11-6-10(15(28-5)7-12(11)21)16(25)23-14-9-24(17(26)27)8-13(14)22/h6-7,13-14H,8-9H2,1-5H3,(H,23,25)(H,26,27)/t13-,14-/m1/s1. The molecule has 8 nitrogen and oxygen atoms in total. The highest BCUT2D eigenvalue weighted by Crippen LogP contribution is 2.37. The number of hydrogen-bond donors (Lipinski definition) is 2. The van der Waals surface area contributed by atoms with Gasteiger partial charge >= 0.3 is 13.2 Å². The molecule has 0 spiro atoms. The summed E-state index contributed by atoms with van der Waals surface area (Å²) in [5.74, 6) is -1.44. The zero-order chi connectivity index (χ0) is 22.4. The minimum Gasteiger partial charge on any atom is -0.496 e. The number of carboxylic acid groups (broad SMARTS) is 1. The first-order valence-electron chi connectivity index (χ1n) is 9.52. The van der Waals surface area contributed by atoms with Gasteiger partial charge < -0.3 is 29.4 Å². The Morgan fingerprint density at radius 1 is 1.23 bits per heavy atom. The summed E-state index contributed by atoms with van der Waals surface area (Å²) in [5.41, 5.74) is -1.45. The van der Waals surface area contributed by atoms with E-state index in [1.807, 2.05) is 27.7 Å². The minimum absolute atomic E-state index is 0.00924. The van der Waals surface area contributed by atoms with Crippen molar-refractivity contribution in [2.75, 3.05) is 20.2 Å². The molecule has 2 atom stereocenters. The largest absolute Gasteiger partial charge is 0.497 e. The van der Waals surface area contributed by atoms with Crippen molar-refractivity contribution >= 4 is 24.6 Å². The molecule has 2 aliphatic rings. The van der Waals surface area contributed by atoms with E-state index >= 15 is 0 Å². The smallest absolute Gasteiger partial charge is 0.496 e. The average molecular weight is 426 g/mol. The van der Waals surface area contributed by atoms with E-state index in [0.717, 1.165) is 11.0 Å². The van der Waals surface area contributed by atoms with E-state index in [1.165, 1.54) is 13.2 Å². The number of amides is 2. The van der Waals surface area contributed by atoms with Gasteiger partial charge in [0.2, 0.25) is 0 Å². The molecule has 0 unspecified atom stereocenters. The van der Waals surface area contributed by atoms with Gasteiger partial charge in [0.15, 0.2) is 0 Å². The Morgan fingerprint density at radius 2 is 1.83 bits per heavy atom. The third-order valence-electron chi connectivity index (χ3n) is 5.91. The van der Waals surface area contributed by atoms with Crippen LogP contribution in [0.15, 0.2) is 12.1 Å². The molecule has 2 amide bonds. The number of rotatable bonds is 4. The van der Waals surface area contributed by atoms with Crippen molar-refractivity contribution in [1.29, 1.82) is 0 Å². The Labute approximate surface area is 173 Å². The fourth-order valence-electron chi connectivity index (χ4n) is 3.37. The van der Waals surface area contributed by atoms with Gasteiger partial charge in [-0.2, -0.15) is 0 Å². The van der Waals surface area contributed by atoms with Crippen LogP contribution in [-0.2, 0) is 9.31 Å². The lowest BCUT2D eigenvalue weighted by molar-refractivity contribution is 0.00578. The molecule has 0 radical (unpaired) electrons. The molecule has 0 aromatic heterocycles. The first-order chi connectivity index (χ1) is 13.9. The predicted octanol–water partition coefficient (Wildman–Crippen LogP) is 1.56. The van der Waals surface area contributed by atoms with Crippen molar-refractivity contribution in [1.82, 2.24) is 10.2 Å². The van der Waals surface area contributed by atoms with Crippen LogP contribution in [0.5, 0.6) is 5.75 Å². The minimum atomic E-state index is -1.56. The number of hydrogen-bond acceptors (Lipinski definition) is 5. The second-order valence-electron chi connectivity index (χ2n) is 8.45. The van der Waals surface area contributed by atoms with Crippen molar-refractivity contribution in [2.24, 2.45) is 0 Å². The van der Waals surface area contributed by atoms with Crippen molar-refractivity contribution in [2.45, 2.75) is 51.1 Å². The van der Waals surface area contributed by atoms with Gasteiger partial charge in [-0.25, -0.2) is 13.6 Å². The highest BCUT2D eigenvalue weighted by Gasteiger charge is 2.52. The molecule has 3 rings (SSSR count). The molecule has 2 fully saturated rings. The van der Waals surface area contributed by atoms with Gasteiger partial charge in [0.25, 0.3) is 5.91 Å². The zero-order valence-corrected chi connectivity index (χ0v) is 17.5. The Kier molecular flexibility index (Phi) is 5.72. The summed E-state index contributed by atoms with van der Waals surface area (Å²) < 4.78 is 45.7. The van der Waals surface area contributed by atoms with Crippen LogP contribution >= 0.6 is 0 Å². The van der Waals surface area contributed by atoms with Crippen LogP contribution in [0, 0.1) is 5.82 Å². The van der Waals surface area contributed by atoms with E-state index in [4.69, 9.17) is 19.2 Å². The lowest BCUT2D eigenvalue weighted by Gasteiger charge is -2.32. The normalized spacial score (nSPS) is 24.8. The number of carbonyl (C=O) groups is 2. The maximum absolute atomic E-state index is 14.7. The monoisotopic (exact) mass is 426 g/mol. The molecule has 2 heterocycles. The average Bonchev–Trinajstić information content (AvgIpc) is 3.10. The number of nitrogens with one attached hydrogen (secondary N) is 1. The molecule has 30 heavy (non-hydrogen) atoms. The maximum Gasteiger partial charge on any atom is 0.497 e. The number of carbonyl (C=O) groups excluding carboxylic acids is 1. The molecular formula is C19H25BF2N2O6. The number of nitrogens with zero attached hydrogens (tertiary/aromatic N) is 1. The zero-order valence-electron chi connectivity index (χ0n) is 17.5. The van der Waals surface area contributed by atoms with Crippen LogP contribution in [0.25, 0.3) is 0 Å². The Hall–Kier alpha value is -2.40. The Bertz CT molecular complexity index is 850. The van der Waals surface area contributed by atoms with Crippen molar-refractivity contribution in [3.05, 3.63) is 23.5 Å². The summed E-state index contributed by atoms with van der Waals surface area (Å²) in [6, 6.07) is 1.27. The number of ether oxygens (including phenoxy) is 1. The van der Waals surface area contributed by atoms with Crippen LogP contribution in [0.3, 0.4) is 0 Å². The van der Waals surface area contributed by atoms with Gasteiger partial charge in [-0.15, -0.1) is 0 Å². The van der Waals surface area contributed by atoms with Crippen LogP contribution < -0.4 is 15.5 Å². The molecule has 164 valence electrons. The first kappa shape index (κ1) is 22.3. The molecule has 1 aromatic carbocycles. The number of alkyl halides is 1. The molecule has 11 heteroatoms. The maximum atomic E-state index is 14.7. The lowest BCUT2D eigenvalue weighted by atomic mass is 9.77. The summed E-state index contributed by atoms with van der Waals surface area (Å²) >= 11 is 0. The van der Waals surface area contributed by atoms with Gasteiger partial charge in [-0.3, -0.25) is 4.79 Å². The third kappa shape index (κ3) is 3.96. The molecular weight excluding hydrogens is 401 g/mol. The fourth-order valence-corrected chi connectivity index (χ4v) is 3.37. The second-order valence-corrected chi connectivity index (χ2v) is 8.45. The predicted molar refractivity (Wildman–Crippen MR) is 104 cm³/mol. The molecule has 0 bridgehead atoms. The van der Waals surface area contributed by atoms with Gasteiger partial charge in [0.1, 0.15) is 17.7 Å². The quantitative estimate of drug-likeness (QED) is 0.710. The second kappa shape index (κ2) is 7.70. The summed E-state index contributed by atoms with van der Waals surface area (Å²) in [6.07, 6.45) is -2.82. The van der Waals surface area contributed by atoms with E-state index in [9.17, 15) is 18.4 Å². The molecule has 2 saturated heterocycles. The van der Waals surface area contributed by atoms with Crippen molar-refractivity contribution in [3.8, 4) is 5.75 Å². The number of halogens is 2. The summed E-state index contributed by atoms with van der Waals surface area (Å²) in [7, 11) is 0.232. The Morgan fingerprint density at radius 3 is 2.33 bits per heavy atom. The van der Waals surface area contributed by atoms with E-state index in [-0.39, 0.29) is 29.9 Å². The highest BCUT2D eigenvalue weighted by molar-refractivity contribution is 6.62. The van der Waals surface area contributed by atoms with Gasteiger partial charge in [0, 0.05) is 18.1 Å².